The fourth-order valence-corrected chi connectivity index (χ4v) is 2.94. The zero-order valence-electron chi connectivity index (χ0n) is 11.1. The average Bonchev–Trinajstić information content (AvgIpc) is 2.86. The van der Waals surface area contributed by atoms with Crippen LogP contribution in [0.15, 0.2) is 18.2 Å². The van der Waals surface area contributed by atoms with Crippen LogP contribution in [0.2, 0.25) is 0 Å². The number of benzene rings is 1. The molecule has 1 amide bonds. The molecule has 0 aliphatic carbocycles. The van der Waals surface area contributed by atoms with E-state index in [1.807, 2.05) is 6.07 Å². The summed E-state index contributed by atoms with van der Waals surface area (Å²) in [4.78, 5) is 13.7. The van der Waals surface area contributed by atoms with Crippen molar-refractivity contribution < 1.29 is 9.53 Å². The van der Waals surface area contributed by atoms with Crippen molar-refractivity contribution >= 4 is 11.6 Å². The minimum atomic E-state index is -0.180. The van der Waals surface area contributed by atoms with Gasteiger partial charge in [0.25, 0.3) is 0 Å². The molecular formula is C14H19N3O2. The van der Waals surface area contributed by atoms with Gasteiger partial charge in [0.05, 0.1) is 5.69 Å². The van der Waals surface area contributed by atoms with Crippen molar-refractivity contribution in [1.82, 2.24) is 4.90 Å². The fourth-order valence-electron chi connectivity index (χ4n) is 2.94. The predicted octanol–water partition coefficient (Wildman–Crippen LogP) is 1.32. The van der Waals surface area contributed by atoms with Gasteiger partial charge in [-0.15, -0.1) is 0 Å². The van der Waals surface area contributed by atoms with E-state index in [2.05, 4.69) is 29.4 Å². The Kier molecular flexibility index (Phi) is 3.06. The number of nitrogens with two attached hydrogens (primary N) is 1. The lowest BCUT2D eigenvalue weighted by Crippen LogP contribution is -2.38. The predicted molar refractivity (Wildman–Crippen MR) is 72.8 cm³/mol. The van der Waals surface area contributed by atoms with Crippen LogP contribution in [0.1, 0.15) is 24.4 Å². The zero-order valence-corrected chi connectivity index (χ0v) is 11.1. The summed E-state index contributed by atoms with van der Waals surface area (Å²) in [6.45, 7) is 1.43. The van der Waals surface area contributed by atoms with Crippen LogP contribution in [-0.2, 0) is 4.79 Å². The lowest BCUT2D eigenvalue weighted by molar-refractivity contribution is -0.123. The van der Waals surface area contributed by atoms with Crippen LogP contribution in [0.3, 0.4) is 0 Å². The Hall–Kier alpha value is -1.75. The van der Waals surface area contributed by atoms with Crippen molar-refractivity contribution in [3.63, 3.8) is 0 Å². The second-order valence-electron chi connectivity index (χ2n) is 5.34. The number of primary amides is 1. The van der Waals surface area contributed by atoms with E-state index in [-0.39, 0.29) is 17.9 Å². The third-order valence-electron chi connectivity index (χ3n) is 4.15. The second-order valence-corrected chi connectivity index (χ2v) is 5.34. The summed E-state index contributed by atoms with van der Waals surface area (Å²) in [6, 6.07) is 6.44. The van der Waals surface area contributed by atoms with Crippen LogP contribution in [-0.4, -0.2) is 31.1 Å². The summed E-state index contributed by atoms with van der Waals surface area (Å²) < 4.78 is 5.43. The maximum absolute atomic E-state index is 11.4. The number of amides is 1. The fraction of sp³-hybridized carbons (Fsp3) is 0.500. The molecule has 0 saturated carbocycles. The average molecular weight is 261 g/mol. The first kappa shape index (κ1) is 12.3. The van der Waals surface area contributed by atoms with Gasteiger partial charge in [-0.3, -0.25) is 9.69 Å². The Labute approximate surface area is 112 Å². The van der Waals surface area contributed by atoms with Crippen LogP contribution in [0, 0.1) is 5.92 Å². The van der Waals surface area contributed by atoms with Crippen LogP contribution < -0.4 is 15.8 Å². The van der Waals surface area contributed by atoms with Gasteiger partial charge >= 0.3 is 0 Å². The maximum Gasteiger partial charge on any atom is 0.220 e. The smallest absolute Gasteiger partial charge is 0.220 e. The molecule has 5 heteroatoms. The first-order valence-corrected chi connectivity index (χ1v) is 6.65. The summed E-state index contributed by atoms with van der Waals surface area (Å²) in [7, 11) is 2.10. The molecule has 102 valence electrons. The Morgan fingerprint density at radius 2 is 2.37 bits per heavy atom. The van der Waals surface area contributed by atoms with E-state index in [0.29, 0.717) is 6.73 Å². The quantitative estimate of drug-likeness (QED) is 0.842. The van der Waals surface area contributed by atoms with Gasteiger partial charge in [0.15, 0.2) is 6.73 Å². The SMILES string of the molecule is CN1CCC(C(N)=O)CC1c1ccc2c(c1)NCO2. The molecule has 1 aromatic carbocycles. The molecule has 0 aromatic heterocycles. The first-order chi connectivity index (χ1) is 9.15. The van der Waals surface area contributed by atoms with E-state index < -0.39 is 0 Å². The molecule has 2 atom stereocenters. The van der Waals surface area contributed by atoms with E-state index in [1.165, 1.54) is 5.56 Å². The summed E-state index contributed by atoms with van der Waals surface area (Å²) in [6.07, 6.45) is 1.65. The number of rotatable bonds is 2. The number of carbonyl (C=O) groups excluding carboxylic acids is 1. The molecule has 2 heterocycles. The number of nitrogens with one attached hydrogen (secondary N) is 1. The molecule has 2 aliphatic rings. The van der Waals surface area contributed by atoms with Gasteiger partial charge in [-0.1, -0.05) is 6.07 Å². The van der Waals surface area contributed by atoms with Crippen LogP contribution in [0.4, 0.5) is 5.69 Å². The van der Waals surface area contributed by atoms with E-state index in [4.69, 9.17) is 10.5 Å². The third kappa shape index (κ3) is 2.26. The van der Waals surface area contributed by atoms with Gasteiger partial charge in [-0.2, -0.15) is 0 Å². The number of carbonyl (C=O) groups is 1. The van der Waals surface area contributed by atoms with Crippen molar-refractivity contribution in [2.24, 2.45) is 11.7 Å². The van der Waals surface area contributed by atoms with Gasteiger partial charge in [0.2, 0.25) is 5.91 Å². The van der Waals surface area contributed by atoms with Crippen molar-refractivity contribution in [1.29, 1.82) is 0 Å². The number of piperidine rings is 1. The number of likely N-dealkylation sites (tertiary alicyclic amines) is 1. The molecule has 0 bridgehead atoms. The zero-order chi connectivity index (χ0) is 13.4. The molecule has 1 aromatic rings. The number of anilines is 1. The van der Waals surface area contributed by atoms with Gasteiger partial charge in [-0.05, 0) is 44.1 Å². The van der Waals surface area contributed by atoms with Crippen molar-refractivity contribution in [3.05, 3.63) is 23.8 Å². The Morgan fingerprint density at radius 1 is 1.53 bits per heavy atom. The van der Waals surface area contributed by atoms with Crippen molar-refractivity contribution in [2.45, 2.75) is 18.9 Å². The van der Waals surface area contributed by atoms with Crippen LogP contribution in [0.25, 0.3) is 0 Å². The second kappa shape index (κ2) is 4.74. The molecule has 2 unspecified atom stereocenters. The number of fused-ring (bicyclic) bond motifs is 1. The normalized spacial score (nSPS) is 26.4. The Morgan fingerprint density at radius 3 is 3.16 bits per heavy atom. The van der Waals surface area contributed by atoms with Crippen LogP contribution in [0.5, 0.6) is 5.75 Å². The largest absolute Gasteiger partial charge is 0.471 e. The summed E-state index contributed by atoms with van der Waals surface area (Å²) >= 11 is 0. The molecular weight excluding hydrogens is 242 g/mol. The molecule has 0 radical (unpaired) electrons. The number of ether oxygens (including phenoxy) is 1. The number of nitrogens with zero attached hydrogens (tertiary/aromatic N) is 1. The number of hydrogen-bond donors (Lipinski definition) is 2. The van der Waals surface area contributed by atoms with E-state index in [0.717, 1.165) is 30.8 Å². The molecule has 19 heavy (non-hydrogen) atoms. The standard InChI is InChI=1S/C14H19N3O2/c1-17-5-4-10(14(15)18)7-12(17)9-2-3-13-11(6-9)16-8-19-13/h2-3,6,10,12,16H,4-5,7-8H2,1H3,(H2,15,18). The van der Waals surface area contributed by atoms with Gasteiger partial charge in [0, 0.05) is 12.0 Å². The minimum absolute atomic E-state index is 0.0151. The maximum atomic E-state index is 11.4. The highest BCUT2D eigenvalue weighted by molar-refractivity contribution is 5.76. The van der Waals surface area contributed by atoms with Gasteiger partial charge < -0.3 is 15.8 Å². The van der Waals surface area contributed by atoms with E-state index in [1.54, 1.807) is 0 Å². The highest BCUT2D eigenvalue weighted by atomic mass is 16.5. The summed E-state index contributed by atoms with van der Waals surface area (Å²) in [5, 5.41) is 3.20. The van der Waals surface area contributed by atoms with Gasteiger partial charge in [0.1, 0.15) is 5.75 Å². The Balaban J connectivity index is 1.85. The molecule has 0 spiro atoms. The third-order valence-corrected chi connectivity index (χ3v) is 4.15. The molecule has 3 rings (SSSR count). The topological polar surface area (TPSA) is 67.6 Å². The Bertz CT molecular complexity index is 503. The number of hydrogen-bond acceptors (Lipinski definition) is 4. The van der Waals surface area contributed by atoms with Crippen molar-refractivity contribution in [3.8, 4) is 5.75 Å². The minimum Gasteiger partial charge on any atom is -0.471 e. The van der Waals surface area contributed by atoms with E-state index in [9.17, 15) is 4.79 Å². The highest BCUT2D eigenvalue weighted by Gasteiger charge is 2.30. The molecule has 2 aliphatic heterocycles. The first-order valence-electron chi connectivity index (χ1n) is 6.65. The van der Waals surface area contributed by atoms with Crippen LogP contribution >= 0.6 is 0 Å². The molecule has 3 N–H and O–H groups in total. The lowest BCUT2D eigenvalue weighted by atomic mass is 9.87. The van der Waals surface area contributed by atoms with E-state index >= 15 is 0 Å². The molecule has 5 nitrogen and oxygen atoms in total. The highest BCUT2D eigenvalue weighted by Crippen LogP contribution is 2.37. The molecule has 1 saturated heterocycles. The lowest BCUT2D eigenvalue weighted by Gasteiger charge is -2.36. The summed E-state index contributed by atoms with van der Waals surface area (Å²) in [5.41, 5.74) is 7.70. The van der Waals surface area contributed by atoms with Crippen molar-refractivity contribution in [2.75, 3.05) is 25.6 Å². The van der Waals surface area contributed by atoms with Gasteiger partial charge in [-0.25, -0.2) is 0 Å². The monoisotopic (exact) mass is 261 g/mol. The molecule has 1 fully saturated rings. The summed E-state index contributed by atoms with van der Waals surface area (Å²) in [5.74, 6) is 0.702.